The Morgan fingerprint density at radius 1 is 1.30 bits per heavy atom. The van der Waals surface area contributed by atoms with Crippen LogP contribution < -0.4 is 4.74 Å². The number of rotatable bonds is 3. The molecule has 2 fully saturated rings. The van der Waals surface area contributed by atoms with Crippen LogP contribution in [0, 0.1) is 17.8 Å². The molecule has 2 aliphatic carbocycles. The van der Waals surface area contributed by atoms with Gasteiger partial charge in [0.2, 0.25) is 0 Å². The van der Waals surface area contributed by atoms with Crippen molar-refractivity contribution in [2.24, 2.45) is 17.8 Å². The molecule has 3 aliphatic rings. The third-order valence-electron chi connectivity index (χ3n) is 5.55. The molecular formula is C17H21BrO2. The van der Waals surface area contributed by atoms with Gasteiger partial charge in [-0.3, -0.25) is 0 Å². The topological polar surface area (TPSA) is 29.5 Å². The summed E-state index contributed by atoms with van der Waals surface area (Å²) < 4.78 is 6.81. The van der Waals surface area contributed by atoms with Crippen LogP contribution in [0.3, 0.4) is 0 Å². The van der Waals surface area contributed by atoms with Crippen LogP contribution in [0.4, 0.5) is 0 Å². The highest BCUT2D eigenvalue weighted by Gasteiger charge is 2.40. The maximum absolute atomic E-state index is 10.7. The molecule has 1 N–H and O–H groups in total. The highest BCUT2D eigenvalue weighted by molar-refractivity contribution is 9.10. The van der Waals surface area contributed by atoms with E-state index in [1.54, 1.807) is 0 Å². The van der Waals surface area contributed by atoms with Gasteiger partial charge in [0.25, 0.3) is 0 Å². The Hall–Kier alpha value is -0.540. The highest BCUT2D eigenvalue weighted by atomic mass is 79.9. The Bertz CT molecular complexity index is 528. The number of benzene rings is 1. The predicted octanol–water partition coefficient (Wildman–Crippen LogP) is 4.24. The second kappa shape index (κ2) is 5.03. The van der Waals surface area contributed by atoms with Crippen molar-refractivity contribution in [2.75, 3.05) is 6.61 Å². The van der Waals surface area contributed by atoms with Gasteiger partial charge < -0.3 is 9.84 Å². The Morgan fingerprint density at radius 3 is 2.95 bits per heavy atom. The molecule has 0 saturated heterocycles. The van der Waals surface area contributed by atoms with Crippen LogP contribution in [0.25, 0.3) is 0 Å². The fourth-order valence-electron chi connectivity index (χ4n) is 4.62. The van der Waals surface area contributed by atoms with Crippen molar-refractivity contribution in [2.45, 2.75) is 44.6 Å². The number of aliphatic hydroxyl groups is 1. The van der Waals surface area contributed by atoms with Crippen LogP contribution in [0.2, 0.25) is 0 Å². The van der Waals surface area contributed by atoms with Crippen molar-refractivity contribution in [1.29, 1.82) is 0 Å². The van der Waals surface area contributed by atoms with Crippen LogP contribution in [0.1, 0.15) is 49.3 Å². The smallest absolute Gasteiger partial charge is 0.128 e. The monoisotopic (exact) mass is 336 g/mol. The standard InChI is InChI=1S/C17H21BrO2/c18-14-7-12-3-4-20-17(12)15(9-14)16(19)8-13-6-10-1-2-11(13)5-10/h7,9-11,13,16,19H,1-6,8H2. The molecule has 4 rings (SSSR count). The second-order valence-corrected chi connectivity index (χ2v) is 7.68. The lowest BCUT2D eigenvalue weighted by atomic mass is 9.83. The van der Waals surface area contributed by atoms with E-state index in [9.17, 15) is 5.11 Å². The molecule has 1 aliphatic heterocycles. The largest absolute Gasteiger partial charge is 0.493 e. The first-order valence-corrected chi connectivity index (χ1v) is 8.63. The van der Waals surface area contributed by atoms with Gasteiger partial charge in [0.05, 0.1) is 12.7 Å². The van der Waals surface area contributed by atoms with Gasteiger partial charge in [0.15, 0.2) is 0 Å². The maximum atomic E-state index is 10.7. The lowest BCUT2D eigenvalue weighted by Gasteiger charge is -2.25. The molecule has 1 heterocycles. The van der Waals surface area contributed by atoms with E-state index in [-0.39, 0.29) is 6.10 Å². The van der Waals surface area contributed by atoms with Crippen LogP contribution in [-0.4, -0.2) is 11.7 Å². The lowest BCUT2D eigenvalue weighted by molar-refractivity contribution is 0.122. The van der Waals surface area contributed by atoms with E-state index in [1.807, 2.05) is 6.07 Å². The molecule has 0 aromatic heterocycles. The van der Waals surface area contributed by atoms with Crippen molar-refractivity contribution in [3.63, 3.8) is 0 Å². The van der Waals surface area contributed by atoms with E-state index in [2.05, 4.69) is 22.0 Å². The normalized spacial score (nSPS) is 32.2. The van der Waals surface area contributed by atoms with E-state index in [0.29, 0.717) is 0 Å². The Kier molecular flexibility index (Phi) is 3.30. The van der Waals surface area contributed by atoms with Crippen LogP contribution in [0.5, 0.6) is 5.75 Å². The Labute approximate surface area is 128 Å². The minimum Gasteiger partial charge on any atom is -0.493 e. The number of fused-ring (bicyclic) bond motifs is 3. The number of hydrogen-bond acceptors (Lipinski definition) is 2. The summed E-state index contributed by atoms with van der Waals surface area (Å²) in [6.07, 6.45) is 7.05. The first-order valence-electron chi connectivity index (χ1n) is 7.84. The molecule has 108 valence electrons. The summed E-state index contributed by atoms with van der Waals surface area (Å²) in [4.78, 5) is 0. The van der Waals surface area contributed by atoms with Crippen molar-refractivity contribution in [3.05, 3.63) is 27.7 Å². The minimum atomic E-state index is -0.372. The molecular weight excluding hydrogens is 316 g/mol. The average Bonchev–Trinajstić information content (AvgIpc) is 3.12. The molecule has 0 spiro atoms. The maximum Gasteiger partial charge on any atom is 0.128 e. The van der Waals surface area contributed by atoms with Gasteiger partial charge in [-0.25, -0.2) is 0 Å². The quantitative estimate of drug-likeness (QED) is 0.894. The SMILES string of the molecule is OC(CC1CC2CCC1C2)c1cc(Br)cc2c1OCC2. The summed E-state index contributed by atoms with van der Waals surface area (Å²) >= 11 is 3.56. The molecule has 1 aromatic rings. The van der Waals surface area contributed by atoms with Gasteiger partial charge in [0.1, 0.15) is 5.75 Å². The highest BCUT2D eigenvalue weighted by Crippen LogP contribution is 2.51. The predicted molar refractivity (Wildman–Crippen MR) is 81.9 cm³/mol. The van der Waals surface area contributed by atoms with Crippen LogP contribution in [-0.2, 0) is 6.42 Å². The van der Waals surface area contributed by atoms with Crippen molar-refractivity contribution >= 4 is 15.9 Å². The fourth-order valence-corrected chi connectivity index (χ4v) is 5.15. The van der Waals surface area contributed by atoms with Crippen molar-refractivity contribution < 1.29 is 9.84 Å². The van der Waals surface area contributed by atoms with Crippen molar-refractivity contribution in [3.8, 4) is 5.75 Å². The third-order valence-corrected chi connectivity index (χ3v) is 6.00. The van der Waals surface area contributed by atoms with Crippen LogP contribution >= 0.6 is 15.9 Å². The summed E-state index contributed by atoms with van der Waals surface area (Å²) in [6, 6.07) is 4.16. The first-order chi connectivity index (χ1) is 9.70. The molecule has 2 bridgehead atoms. The van der Waals surface area contributed by atoms with Gasteiger partial charge in [-0.15, -0.1) is 0 Å². The zero-order chi connectivity index (χ0) is 13.7. The summed E-state index contributed by atoms with van der Waals surface area (Å²) in [6.45, 7) is 0.750. The molecule has 2 nitrogen and oxygen atoms in total. The third kappa shape index (κ3) is 2.19. The van der Waals surface area contributed by atoms with E-state index < -0.39 is 0 Å². The molecule has 1 aromatic carbocycles. The van der Waals surface area contributed by atoms with E-state index >= 15 is 0 Å². The number of halogens is 1. The summed E-state index contributed by atoms with van der Waals surface area (Å²) in [7, 11) is 0. The van der Waals surface area contributed by atoms with Gasteiger partial charge in [0, 0.05) is 16.5 Å². The first kappa shape index (κ1) is 13.1. The Morgan fingerprint density at radius 2 is 2.20 bits per heavy atom. The van der Waals surface area contributed by atoms with E-state index in [1.165, 1.54) is 31.2 Å². The fraction of sp³-hybridized carbons (Fsp3) is 0.647. The molecule has 0 amide bonds. The van der Waals surface area contributed by atoms with Gasteiger partial charge in [-0.1, -0.05) is 22.4 Å². The molecule has 4 unspecified atom stereocenters. The van der Waals surface area contributed by atoms with Crippen LogP contribution in [0.15, 0.2) is 16.6 Å². The van der Waals surface area contributed by atoms with Gasteiger partial charge >= 0.3 is 0 Å². The molecule has 4 atom stereocenters. The van der Waals surface area contributed by atoms with E-state index in [0.717, 1.165) is 53.0 Å². The number of hydrogen-bond donors (Lipinski definition) is 1. The second-order valence-electron chi connectivity index (χ2n) is 6.77. The number of aliphatic hydroxyl groups excluding tert-OH is 1. The van der Waals surface area contributed by atoms with E-state index in [4.69, 9.17) is 4.74 Å². The molecule has 2 saturated carbocycles. The summed E-state index contributed by atoms with van der Waals surface area (Å²) in [5, 5.41) is 10.7. The van der Waals surface area contributed by atoms with Crippen molar-refractivity contribution in [1.82, 2.24) is 0 Å². The summed E-state index contributed by atoms with van der Waals surface area (Å²) in [5.74, 6) is 3.49. The minimum absolute atomic E-state index is 0.372. The Balaban J connectivity index is 1.55. The van der Waals surface area contributed by atoms with Gasteiger partial charge in [-0.05, 0) is 61.1 Å². The summed E-state index contributed by atoms with van der Waals surface area (Å²) in [5.41, 5.74) is 2.23. The average molecular weight is 337 g/mol. The van der Waals surface area contributed by atoms with Gasteiger partial charge in [-0.2, -0.15) is 0 Å². The number of ether oxygens (including phenoxy) is 1. The zero-order valence-electron chi connectivity index (χ0n) is 11.6. The zero-order valence-corrected chi connectivity index (χ0v) is 13.2. The lowest BCUT2D eigenvalue weighted by Crippen LogP contribution is -2.14. The molecule has 0 radical (unpaired) electrons. The molecule has 20 heavy (non-hydrogen) atoms. The molecule has 3 heteroatoms.